The van der Waals surface area contributed by atoms with Gasteiger partial charge in [0.25, 0.3) is 0 Å². The van der Waals surface area contributed by atoms with Crippen molar-refractivity contribution in [1.82, 2.24) is 0 Å². The Kier molecular flexibility index (Phi) is 5.62. The fourth-order valence-corrected chi connectivity index (χ4v) is 2.37. The van der Waals surface area contributed by atoms with E-state index in [1.165, 1.54) is 25.7 Å². The molecule has 1 saturated heterocycles. The molecule has 0 radical (unpaired) electrons. The summed E-state index contributed by atoms with van der Waals surface area (Å²) in [6.45, 7) is 5.09. The molecule has 1 fully saturated rings. The lowest BCUT2D eigenvalue weighted by atomic mass is 9.85. The summed E-state index contributed by atoms with van der Waals surface area (Å²) in [4.78, 5) is 0. The van der Waals surface area contributed by atoms with Gasteiger partial charge in [-0.15, -0.1) is 0 Å². The standard InChI is InChI=1S/C13H26O2/c1-3-5-6-7-8-13(14)9-10-15-12(4-2)11-13/h12,14H,3-11H2,1-2H3. The summed E-state index contributed by atoms with van der Waals surface area (Å²) in [6.07, 6.45) is 8.94. The first-order valence-electron chi connectivity index (χ1n) is 6.54. The molecule has 0 aliphatic carbocycles. The largest absolute Gasteiger partial charge is 0.390 e. The molecule has 0 saturated carbocycles. The minimum Gasteiger partial charge on any atom is -0.390 e. The van der Waals surface area contributed by atoms with Gasteiger partial charge in [0.1, 0.15) is 0 Å². The van der Waals surface area contributed by atoms with Gasteiger partial charge in [-0.25, -0.2) is 0 Å². The molecule has 0 aromatic carbocycles. The molecule has 90 valence electrons. The molecule has 0 aromatic rings. The van der Waals surface area contributed by atoms with Gasteiger partial charge < -0.3 is 9.84 Å². The fourth-order valence-electron chi connectivity index (χ4n) is 2.37. The van der Waals surface area contributed by atoms with Gasteiger partial charge in [-0.2, -0.15) is 0 Å². The van der Waals surface area contributed by atoms with Gasteiger partial charge in [-0.3, -0.25) is 0 Å². The Labute approximate surface area is 94.0 Å². The zero-order valence-electron chi connectivity index (χ0n) is 10.3. The van der Waals surface area contributed by atoms with Crippen molar-refractivity contribution in [1.29, 1.82) is 0 Å². The van der Waals surface area contributed by atoms with Crippen LogP contribution in [-0.4, -0.2) is 23.4 Å². The van der Waals surface area contributed by atoms with Gasteiger partial charge in [0, 0.05) is 13.0 Å². The lowest BCUT2D eigenvalue weighted by Gasteiger charge is -2.36. The maximum atomic E-state index is 10.4. The van der Waals surface area contributed by atoms with Crippen LogP contribution in [0.25, 0.3) is 0 Å². The minimum atomic E-state index is -0.424. The van der Waals surface area contributed by atoms with Gasteiger partial charge in [-0.05, 0) is 19.3 Å². The second kappa shape index (κ2) is 6.49. The summed E-state index contributed by atoms with van der Waals surface area (Å²) in [5.74, 6) is 0. The average molecular weight is 214 g/mol. The number of unbranched alkanes of at least 4 members (excludes halogenated alkanes) is 3. The lowest BCUT2D eigenvalue weighted by Crippen LogP contribution is -2.40. The van der Waals surface area contributed by atoms with Gasteiger partial charge in [0.05, 0.1) is 11.7 Å². The first-order valence-corrected chi connectivity index (χ1v) is 6.54. The maximum Gasteiger partial charge on any atom is 0.0694 e. The number of hydrogen-bond acceptors (Lipinski definition) is 2. The monoisotopic (exact) mass is 214 g/mol. The molecule has 1 rings (SSSR count). The van der Waals surface area contributed by atoms with Crippen molar-refractivity contribution in [2.24, 2.45) is 0 Å². The van der Waals surface area contributed by atoms with E-state index in [9.17, 15) is 5.11 Å². The van der Waals surface area contributed by atoms with Crippen molar-refractivity contribution in [3.05, 3.63) is 0 Å². The first kappa shape index (κ1) is 13.0. The zero-order chi connectivity index (χ0) is 11.1. The maximum absolute atomic E-state index is 10.4. The van der Waals surface area contributed by atoms with E-state index in [2.05, 4.69) is 13.8 Å². The quantitative estimate of drug-likeness (QED) is 0.688. The van der Waals surface area contributed by atoms with E-state index in [0.717, 1.165) is 32.3 Å². The number of rotatable bonds is 6. The lowest BCUT2D eigenvalue weighted by molar-refractivity contribution is -0.108. The van der Waals surface area contributed by atoms with Gasteiger partial charge >= 0.3 is 0 Å². The molecule has 2 heteroatoms. The van der Waals surface area contributed by atoms with Crippen molar-refractivity contribution >= 4 is 0 Å². The van der Waals surface area contributed by atoms with E-state index >= 15 is 0 Å². The van der Waals surface area contributed by atoms with Crippen LogP contribution in [0.2, 0.25) is 0 Å². The van der Waals surface area contributed by atoms with Crippen molar-refractivity contribution in [2.75, 3.05) is 6.61 Å². The van der Waals surface area contributed by atoms with Crippen LogP contribution in [0, 0.1) is 0 Å². The predicted octanol–water partition coefficient (Wildman–Crippen LogP) is 3.28. The summed E-state index contributed by atoms with van der Waals surface area (Å²) in [7, 11) is 0. The van der Waals surface area contributed by atoms with Crippen molar-refractivity contribution < 1.29 is 9.84 Å². The van der Waals surface area contributed by atoms with Gasteiger partial charge in [-0.1, -0.05) is 39.5 Å². The minimum absolute atomic E-state index is 0.287. The van der Waals surface area contributed by atoms with Crippen LogP contribution in [-0.2, 0) is 4.74 Å². The van der Waals surface area contributed by atoms with E-state index in [1.807, 2.05) is 0 Å². The van der Waals surface area contributed by atoms with Crippen LogP contribution in [0.5, 0.6) is 0 Å². The molecular weight excluding hydrogens is 188 g/mol. The highest BCUT2D eigenvalue weighted by atomic mass is 16.5. The molecule has 0 aromatic heterocycles. The summed E-state index contributed by atoms with van der Waals surface area (Å²) >= 11 is 0. The van der Waals surface area contributed by atoms with Gasteiger partial charge in [0.15, 0.2) is 0 Å². The molecule has 0 spiro atoms. The van der Waals surface area contributed by atoms with Crippen LogP contribution in [0.15, 0.2) is 0 Å². The number of aliphatic hydroxyl groups is 1. The summed E-state index contributed by atoms with van der Waals surface area (Å²) in [6, 6.07) is 0. The van der Waals surface area contributed by atoms with Crippen LogP contribution in [0.1, 0.15) is 65.2 Å². The highest BCUT2D eigenvalue weighted by Crippen LogP contribution is 2.30. The molecule has 0 bridgehead atoms. The summed E-state index contributed by atoms with van der Waals surface area (Å²) < 4.78 is 5.59. The van der Waals surface area contributed by atoms with E-state index in [1.54, 1.807) is 0 Å². The SMILES string of the molecule is CCCCCCC1(O)CCOC(CC)C1. The Hall–Kier alpha value is -0.0800. The Morgan fingerprint density at radius 3 is 2.73 bits per heavy atom. The van der Waals surface area contributed by atoms with Crippen LogP contribution in [0.4, 0.5) is 0 Å². The first-order chi connectivity index (χ1) is 7.20. The third-order valence-electron chi connectivity index (χ3n) is 3.48. The van der Waals surface area contributed by atoms with Crippen molar-refractivity contribution in [3.63, 3.8) is 0 Å². The van der Waals surface area contributed by atoms with Crippen molar-refractivity contribution in [3.8, 4) is 0 Å². The zero-order valence-corrected chi connectivity index (χ0v) is 10.3. The van der Waals surface area contributed by atoms with E-state index in [-0.39, 0.29) is 6.10 Å². The van der Waals surface area contributed by atoms with Crippen LogP contribution < -0.4 is 0 Å². The molecule has 0 amide bonds. The summed E-state index contributed by atoms with van der Waals surface area (Å²) in [5.41, 5.74) is -0.424. The van der Waals surface area contributed by atoms with E-state index in [0.29, 0.717) is 0 Å². The third-order valence-corrected chi connectivity index (χ3v) is 3.48. The molecule has 2 atom stereocenters. The Bertz CT molecular complexity index is 170. The smallest absolute Gasteiger partial charge is 0.0694 e. The van der Waals surface area contributed by atoms with Crippen molar-refractivity contribution in [2.45, 2.75) is 76.9 Å². The second-order valence-electron chi connectivity index (χ2n) is 4.89. The predicted molar refractivity (Wildman–Crippen MR) is 63.0 cm³/mol. The molecule has 1 aliphatic rings. The van der Waals surface area contributed by atoms with Crippen LogP contribution in [0.3, 0.4) is 0 Å². The average Bonchev–Trinajstić information content (AvgIpc) is 2.24. The molecule has 15 heavy (non-hydrogen) atoms. The van der Waals surface area contributed by atoms with E-state index < -0.39 is 5.60 Å². The van der Waals surface area contributed by atoms with Gasteiger partial charge in [0.2, 0.25) is 0 Å². The Balaban J connectivity index is 2.24. The molecule has 1 N–H and O–H groups in total. The molecule has 2 unspecified atom stereocenters. The molecule has 1 aliphatic heterocycles. The summed E-state index contributed by atoms with van der Waals surface area (Å²) in [5, 5.41) is 10.4. The second-order valence-corrected chi connectivity index (χ2v) is 4.89. The number of hydrogen-bond donors (Lipinski definition) is 1. The Morgan fingerprint density at radius 2 is 2.07 bits per heavy atom. The molecule has 1 heterocycles. The Morgan fingerprint density at radius 1 is 1.27 bits per heavy atom. The van der Waals surface area contributed by atoms with Crippen LogP contribution >= 0.6 is 0 Å². The third kappa shape index (κ3) is 4.52. The number of ether oxygens (including phenoxy) is 1. The highest BCUT2D eigenvalue weighted by molar-refractivity contribution is 4.85. The molecule has 2 nitrogen and oxygen atoms in total. The molecular formula is C13H26O2. The fraction of sp³-hybridized carbons (Fsp3) is 1.00. The normalized spacial score (nSPS) is 31.8. The highest BCUT2D eigenvalue weighted by Gasteiger charge is 2.33. The topological polar surface area (TPSA) is 29.5 Å². The van der Waals surface area contributed by atoms with E-state index in [4.69, 9.17) is 4.74 Å².